The number of rotatable bonds is 4. The molecule has 0 saturated carbocycles. The van der Waals surface area contributed by atoms with Crippen molar-refractivity contribution in [2.45, 2.75) is 12.8 Å². The Morgan fingerprint density at radius 1 is 1.00 bits per heavy atom. The van der Waals surface area contributed by atoms with Crippen molar-refractivity contribution in [1.29, 1.82) is 0 Å². The van der Waals surface area contributed by atoms with Crippen molar-refractivity contribution in [3.05, 3.63) is 53.9 Å². The number of anilines is 2. The van der Waals surface area contributed by atoms with E-state index >= 15 is 0 Å². The number of hydrogen-bond donors (Lipinski definition) is 1. The number of carbonyl (C=O) groups is 2. The summed E-state index contributed by atoms with van der Waals surface area (Å²) in [5.41, 5.74) is 2.43. The van der Waals surface area contributed by atoms with Gasteiger partial charge in [0, 0.05) is 37.9 Å². The number of aromatic nitrogens is 1. The van der Waals surface area contributed by atoms with Gasteiger partial charge in [-0.15, -0.1) is 0 Å². The maximum atomic E-state index is 12.8. The van der Waals surface area contributed by atoms with Crippen molar-refractivity contribution in [2.24, 2.45) is 0 Å². The summed E-state index contributed by atoms with van der Waals surface area (Å²) in [6.45, 7) is 4.45. The molecule has 3 heterocycles. The van der Waals surface area contributed by atoms with Gasteiger partial charge in [0.2, 0.25) is 0 Å². The summed E-state index contributed by atoms with van der Waals surface area (Å²) in [6, 6.07) is 10.9. The largest absolute Gasteiger partial charge is 0.378 e. The summed E-state index contributed by atoms with van der Waals surface area (Å²) in [4.78, 5) is 33.6. The van der Waals surface area contributed by atoms with Crippen LogP contribution in [0.2, 0.25) is 0 Å². The Balaban J connectivity index is 1.51. The fraction of sp³-hybridized carbons (Fsp3) is 0.381. The number of hydrogen-bond acceptors (Lipinski definition) is 5. The normalized spacial score (nSPS) is 16.9. The number of carbonyl (C=O) groups excluding carboxylic acids is 2. The van der Waals surface area contributed by atoms with Gasteiger partial charge in [0.1, 0.15) is 5.69 Å². The van der Waals surface area contributed by atoms with E-state index in [1.807, 2.05) is 29.2 Å². The smallest absolute Gasteiger partial charge is 0.274 e. The molecule has 1 aromatic carbocycles. The fourth-order valence-electron chi connectivity index (χ4n) is 3.64. The molecule has 2 fully saturated rings. The van der Waals surface area contributed by atoms with Gasteiger partial charge in [0.15, 0.2) is 0 Å². The average molecular weight is 380 g/mol. The molecular formula is C21H24N4O3. The lowest BCUT2D eigenvalue weighted by Crippen LogP contribution is -2.36. The number of nitrogens with zero attached hydrogens (tertiary/aromatic N) is 3. The quantitative estimate of drug-likeness (QED) is 0.882. The molecule has 0 bridgehead atoms. The van der Waals surface area contributed by atoms with Gasteiger partial charge < -0.3 is 19.9 Å². The van der Waals surface area contributed by atoms with Crippen molar-refractivity contribution in [3.8, 4) is 0 Å². The van der Waals surface area contributed by atoms with Gasteiger partial charge in [-0.1, -0.05) is 12.1 Å². The van der Waals surface area contributed by atoms with E-state index in [-0.39, 0.29) is 17.5 Å². The second-order valence-electron chi connectivity index (χ2n) is 7.00. The van der Waals surface area contributed by atoms with Crippen molar-refractivity contribution in [3.63, 3.8) is 0 Å². The van der Waals surface area contributed by atoms with Gasteiger partial charge in [-0.2, -0.15) is 0 Å². The molecule has 2 aliphatic rings. The maximum absolute atomic E-state index is 12.8. The Morgan fingerprint density at radius 3 is 2.54 bits per heavy atom. The number of morpholine rings is 1. The number of pyridine rings is 1. The Kier molecular flexibility index (Phi) is 5.53. The van der Waals surface area contributed by atoms with E-state index in [2.05, 4.69) is 15.2 Å². The molecule has 2 aromatic rings. The molecule has 2 aliphatic heterocycles. The van der Waals surface area contributed by atoms with E-state index in [0.717, 1.165) is 50.4 Å². The lowest BCUT2D eigenvalue weighted by molar-refractivity contribution is 0.0792. The lowest BCUT2D eigenvalue weighted by Gasteiger charge is -2.30. The van der Waals surface area contributed by atoms with Gasteiger partial charge in [-0.3, -0.25) is 14.6 Å². The lowest BCUT2D eigenvalue weighted by atomic mass is 10.2. The first-order valence-electron chi connectivity index (χ1n) is 9.71. The summed E-state index contributed by atoms with van der Waals surface area (Å²) in [5.74, 6) is -0.362. The molecule has 146 valence electrons. The number of likely N-dealkylation sites (tertiary alicyclic amines) is 1. The minimum absolute atomic E-state index is 0.0392. The van der Waals surface area contributed by atoms with Crippen LogP contribution in [0.5, 0.6) is 0 Å². The van der Waals surface area contributed by atoms with Crippen LogP contribution < -0.4 is 10.2 Å². The standard InChI is InChI=1S/C21H24N4O3/c26-20(18-15-16(7-8-22-18)21(27)25-9-3-4-10-25)23-17-5-1-2-6-19(17)24-11-13-28-14-12-24/h1-2,5-8,15H,3-4,9-14H2,(H,23,26). The molecule has 2 amide bonds. The second kappa shape index (κ2) is 8.39. The highest BCUT2D eigenvalue weighted by atomic mass is 16.5. The Morgan fingerprint density at radius 2 is 1.75 bits per heavy atom. The topological polar surface area (TPSA) is 74.8 Å². The second-order valence-corrected chi connectivity index (χ2v) is 7.00. The number of benzene rings is 1. The monoisotopic (exact) mass is 380 g/mol. The van der Waals surface area contributed by atoms with E-state index in [9.17, 15) is 9.59 Å². The van der Waals surface area contributed by atoms with Crippen LogP contribution >= 0.6 is 0 Å². The molecule has 1 N–H and O–H groups in total. The highest BCUT2D eigenvalue weighted by molar-refractivity contribution is 6.06. The van der Waals surface area contributed by atoms with Crippen LogP contribution in [0.1, 0.15) is 33.7 Å². The first-order valence-corrected chi connectivity index (χ1v) is 9.71. The molecule has 0 aliphatic carbocycles. The number of amides is 2. The van der Waals surface area contributed by atoms with Crippen molar-refractivity contribution >= 4 is 23.2 Å². The van der Waals surface area contributed by atoms with Gasteiger partial charge in [0.25, 0.3) is 11.8 Å². The first-order chi connectivity index (χ1) is 13.7. The molecule has 2 saturated heterocycles. The Bertz CT molecular complexity index is 858. The van der Waals surface area contributed by atoms with Crippen LogP contribution in [0, 0.1) is 0 Å². The van der Waals surface area contributed by atoms with Gasteiger partial charge in [0.05, 0.1) is 24.6 Å². The van der Waals surface area contributed by atoms with Gasteiger partial charge in [-0.05, 0) is 37.1 Å². The van der Waals surface area contributed by atoms with E-state index in [4.69, 9.17) is 4.74 Å². The highest BCUT2D eigenvalue weighted by Crippen LogP contribution is 2.26. The Hall–Kier alpha value is -2.93. The van der Waals surface area contributed by atoms with E-state index in [0.29, 0.717) is 18.8 Å². The van der Waals surface area contributed by atoms with Gasteiger partial charge >= 0.3 is 0 Å². The summed E-state index contributed by atoms with van der Waals surface area (Å²) in [7, 11) is 0. The summed E-state index contributed by atoms with van der Waals surface area (Å²) in [5, 5.41) is 2.95. The van der Waals surface area contributed by atoms with E-state index in [1.54, 1.807) is 12.1 Å². The highest BCUT2D eigenvalue weighted by Gasteiger charge is 2.21. The zero-order valence-corrected chi connectivity index (χ0v) is 15.8. The predicted octanol–water partition coefficient (Wildman–Crippen LogP) is 2.41. The van der Waals surface area contributed by atoms with Crippen LogP contribution in [0.25, 0.3) is 0 Å². The van der Waals surface area contributed by atoms with Crippen LogP contribution in [0.15, 0.2) is 42.6 Å². The zero-order chi connectivity index (χ0) is 19.3. The SMILES string of the molecule is O=C(Nc1ccccc1N1CCOCC1)c1cc(C(=O)N2CCCC2)ccn1. The third-order valence-corrected chi connectivity index (χ3v) is 5.14. The summed E-state index contributed by atoms with van der Waals surface area (Å²) >= 11 is 0. The van der Waals surface area contributed by atoms with Crippen molar-refractivity contribution in [1.82, 2.24) is 9.88 Å². The molecule has 28 heavy (non-hydrogen) atoms. The van der Waals surface area contributed by atoms with E-state index in [1.165, 1.54) is 6.20 Å². The number of ether oxygens (including phenoxy) is 1. The molecule has 0 radical (unpaired) electrons. The third-order valence-electron chi connectivity index (χ3n) is 5.14. The summed E-state index contributed by atoms with van der Waals surface area (Å²) in [6.07, 6.45) is 3.58. The molecule has 0 atom stereocenters. The fourth-order valence-corrected chi connectivity index (χ4v) is 3.64. The molecule has 7 nitrogen and oxygen atoms in total. The molecule has 0 unspecified atom stereocenters. The summed E-state index contributed by atoms with van der Waals surface area (Å²) < 4.78 is 5.41. The molecule has 1 aromatic heterocycles. The third kappa shape index (κ3) is 3.99. The van der Waals surface area contributed by atoms with Crippen molar-refractivity contribution < 1.29 is 14.3 Å². The molecular weight excluding hydrogens is 356 g/mol. The minimum atomic E-state index is -0.322. The number of nitrogens with one attached hydrogen (secondary N) is 1. The Labute approximate surface area is 164 Å². The maximum Gasteiger partial charge on any atom is 0.274 e. The van der Waals surface area contributed by atoms with Crippen molar-refractivity contribution in [2.75, 3.05) is 49.6 Å². The predicted molar refractivity (Wildman–Crippen MR) is 107 cm³/mol. The molecule has 7 heteroatoms. The number of para-hydroxylation sites is 2. The van der Waals surface area contributed by atoms with E-state index < -0.39 is 0 Å². The van der Waals surface area contributed by atoms with Crippen LogP contribution in [0.3, 0.4) is 0 Å². The van der Waals surface area contributed by atoms with Crippen LogP contribution in [-0.2, 0) is 4.74 Å². The zero-order valence-electron chi connectivity index (χ0n) is 15.8. The van der Waals surface area contributed by atoms with Gasteiger partial charge in [-0.25, -0.2) is 0 Å². The molecule has 0 spiro atoms. The van der Waals surface area contributed by atoms with Crippen LogP contribution in [-0.4, -0.2) is 61.1 Å². The first kappa shape index (κ1) is 18.4. The van der Waals surface area contributed by atoms with Crippen LogP contribution in [0.4, 0.5) is 11.4 Å². The minimum Gasteiger partial charge on any atom is -0.378 e. The average Bonchev–Trinajstić information content (AvgIpc) is 3.29. The molecule has 4 rings (SSSR count).